The van der Waals surface area contributed by atoms with E-state index in [4.69, 9.17) is 21.1 Å². The molecule has 3 rings (SSSR count). The zero-order chi connectivity index (χ0) is 16.1. The van der Waals surface area contributed by atoms with E-state index in [1.54, 1.807) is 13.3 Å². The lowest BCUT2D eigenvalue weighted by atomic mass is 10.2. The lowest BCUT2D eigenvalue weighted by Gasteiger charge is -2.31. The van der Waals surface area contributed by atoms with E-state index in [0.717, 1.165) is 26.2 Å². The van der Waals surface area contributed by atoms with Crippen LogP contribution in [0.3, 0.4) is 0 Å². The molecule has 23 heavy (non-hydrogen) atoms. The second kappa shape index (κ2) is 7.82. The minimum atomic E-state index is -0.152. The zero-order valence-corrected chi connectivity index (χ0v) is 13.8. The van der Waals surface area contributed by atoms with E-state index in [-0.39, 0.29) is 6.10 Å². The summed E-state index contributed by atoms with van der Waals surface area (Å²) in [6.45, 7) is 5.06. The molecule has 1 aliphatic rings. The van der Waals surface area contributed by atoms with E-state index < -0.39 is 0 Å². The van der Waals surface area contributed by atoms with Gasteiger partial charge in [0.15, 0.2) is 0 Å². The predicted octanol–water partition coefficient (Wildman–Crippen LogP) is 0.243. The van der Waals surface area contributed by atoms with Crippen molar-refractivity contribution in [3.8, 4) is 0 Å². The molecule has 10 heteroatoms. The summed E-state index contributed by atoms with van der Waals surface area (Å²) in [6, 6.07) is 0. The van der Waals surface area contributed by atoms with E-state index in [0.29, 0.717) is 30.6 Å². The standard InChI is InChI=1S/C13H20ClN7O2/c1-22-6-5-21-17-13(16-18-21)12-10-19(4-7-23-12)2-3-20-9-11(14)8-15-20/h8-9,12H,2-7,10H2,1H3. The van der Waals surface area contributed by atoms with E-state index in [1.165, 1.54) is 4.80 Å². The van der Waals surface area contributed by atoms with Crippen molar-refractivity contribution in [2.24, 2.45) is 0 Å². The second-order valence-electron chi connectivity index (χ2n) is 5.32. The molecule has 0 aromatic carbocycles. The smallest absolute Gasteiger partial charge is 0.204 e. The number of ether oxygens (including phenoxy) is 2. The van der Waals surface area contributed by atoms with Crippen molar-refractivity contribution in [1.82, 2.24) is 34.9 Å². The molecule has 0 amide bonds. The zero-order valence-electron chi connectivity index (χ0n) is 13.0. The lowest BCUT2D eigenvalue weighted by molar-refractivity contribution is -0.0355. The molecule has 0 saturated carbocycles. The minimum Gasteiger partial charge on any atom is -0.383 e. The van der Waals surface area contributed by atoms with Crippen LogP contribution in [0.25, 0.3) is 0 Å². The summed E-state index contributed by atoms with van der Waals surface area (Å²) in [5.41, 5.74) is 0. The van der Waals surface area contributed by atoms with Crippen molar-refractivity contribution in [2.45, 2.75) is 19.2 Å². The number of methoxy groups -OCH3 is 1. The number of rotatable bonds is 7. The van der Waals surface area contributed by atoms with E-state index in [2.05, 4.69) is 25.4 Å². The van der Waals surface area contributed by atoms with Crippen LogP contribution < -0.4 is 0 Å². The van der Waals surface area contributed by atoms with E-state index in [9.17, 15) is 0 Å². The fourth-order valence-electron chi connectivity index (χ4n) is 2.42. The molecular formula is C13H20ClN7O2. The molecule has 9 nitrogen and oxygen atoms in total. The maximum absolute atomic E-state index is 5.87. The number of hydrogen-bond acceptors (Lipinski definition) is 7. The molecule has 0 N–H and O–H groups in total. The Balaban J connectivity index is 1.52. The average Bonchev–Trinajstić information content (AvgIpc) is 3.20. The van der Waals surface area contributed by atoms with Crippen molar-refractivity contribution >= 4 is 11.6 Å². The third-order valence-corrected chi connectivity index (χ3v) is 3.84. The summed E-state index contributed by atoms with van der Waals surface area (Å²) in [4.78, 5) is 3.84. The molecule has 126 valence electrons. The van der Waals surface area contributed by atoms with Crippen molar-refractivity contribution in [3.05, 3.63) is 23.2 Å². The summed E-state index contributed by atoms with van der Waals surface area (Å²) in [6.07, 6.45) is 3.32. The monoisotopic (exact) mass is 341 g/mol. The highest BCUT2D eigenvalue weighted by molar-refractivity contribution is 6.30. The number of halogens is 1. The highest BCUT2D eigenvalue weighted by Gasteiger charge is 2.25. The van der Waals surface area contributed by atoms with Crippen LogP contribution in [0.5, 0.6) is 0 Å². The molecule has 1 unspecified atom stereocenters. The minimum absolute atomic E-state index is 0.152. The van der Waals surface area contributed by atoms with Crippen LogP contribution in [0.15, 0.2) is 12.4 Å². The first-order valence-electron chi connectivity index (χ1n) is 7.53. The van der Waals surface area contributed by atoms with E-state index in [1.807, 2.05) is 10.9 Å². The molecule has 3 heterocycles. The maximum Gasteiger partial charge on any atom is 0.204 e. The first-order valence-corrected chi connectivity index (χ1v) is 7.91. The topological polar surface area (TPSA) is 83.1 Å². The third kappa shape index (κ3) is 4.47. The van der Waals surface area contributed by atoms with Gasteiger partial charge in [0.2, 0.25) is 5.82 Å². The largest absolute Gasteiger partial charge is 0.383 e. The van der Waals surface area contributed by atoms with Gasteiger partial charge in [-0.2, -0.15) is 9.90 Å². The van der Waals surface area contributed by atoms with Crippen LogP contribution in [0.2, 0.25) is 5.02 Å². The fourth-order valence-corrected chi connectivity index (χ4v) is 2.57. The van der Waals surface area contributed by atoms with Crippen LogP contribution in [-0.2, 0) is 22.6 Å². The van der Waals surface area contributed by atoms with Crippen LogP contribution in [-0.4, -0.2) is 74.8 Å². The number of aromatic nitrogens is 6. The summed E-state index contributed by atoms with van der Waals surface area (Å²) in [7, 11) is 1.65. The molecule has 2 aromatic heterocycles. The van der Waals surface area contributed by atoms with Gasteiger partial charge in [-0.25, -0.2) is 0 Å². The average molecular weight is 342 g/mol. The number of tetrazole rings is 1. The molecular weight excluding hydrogens is 322 g/mol. The van der Waals surface area contributed by atoms with E-state index >= 15 is 0 Å². The van der Waals surface area contributed by atoms with Crippen LogP contribution in [0.1, 0.15) is 11.9 Å². The van der Waals surface area contributed by atoms with Gasteiger partial charge in [-0.05, 0) is 5.21 Å². The van der Waals surface area contributed by atoms with Crippen molar-refractivity contribution in [1.29, 1.82) is 0 Å². The molecule has 0 spiro atoms. The summed E-state index contributed by atoms with van der Waals surface area (Å²) in [5, 5.41) is 17.3. The Labute approximate surface area is 139 Å². The Morgan fingerprint density at radius 1 is 1.39 bits per heavy atom. The van der Waals surface area contributed by atoms with Gasteiger partial charge in [0, 0.05) is 32.9 Å². The van der Waals surface area contributed by atoms with Crippen molar-refractivity contribution in [3.63, 3.8) is 0 Å². The number of morpholine rings is 1. The normalized spacial score (nSPS) is 19.3. The molecule has 1 saturated heterocycles. The first kappa shape index (κ1) is 16.3. The fraction of sp³-hybridized carbons (Fsp3) is 0.692. The van der Waals surface area contributed by atoms with Gasteiger partial charge in [-0.1, -0.05) is 11.6 Å². The van der Waals surface area contributed by atoms with Gasteiger partial charge in [-0.15, -0.1) is 10.2 Å². The molecule has 0 bridgehead atoms. The van der Waals surface area contributed by atoms with Gasteiger partial charge < -0.3 is 9.47 Å². The molecule has 1 atom stereocenters. The molecule has 1 aliphatic heterocycles. The van der Waals surface area contributed by atoms with Crippen molar-refractivity contribution in [2.75, 3.05) is 40.0 Å². The third-order valence-electron chi connectivity index (χ3n) is 3.65. The van der Waals surface area contributed by atoms with Gasteiger partial charge >= 0.3 is 0 Å². The Kier molecular flexibility index (Phi) is 5.55. The van der Waals surface area contributed by atoms with Gasteiger partial charge in [-0.3, -0.25) is 9.58 Å². The van der Waals surface area contributed by atoms with Gasteiger partial charge in [0.25, 0.3) is 0 Å². The van der Waals surface area contributed by atoms with Crippen LogP contribution in [0.4, 0.5) is 0 Å². The highest BCUT2D eigenvalue weighted by atomic mass is 35.5. The lowest BCUT2D eigenvalue weighted by Crippen LogP contribution is -2.40. The maximum atomic E-state index is 5.87. The SMILES string of the molecule is COCCn1nnc(C2CN(CCn3cc(Cl)cn3)CCO2)n1. The van der Waals surface area contributed by atoms with Gasteiger partial charge in [0.1, 0.15) is 6.10 Å². The molecule has 0 radical (unpaired) electrons. The van der Waals surface area contributed by atoms with Crippen molar-refractivity contribution < 1.29 is 9.47 Å². The second-order valence-corrected chi connectivity index (χ2v) is 5.75. The summed E-state index contributed by atoms with van der Waals surface area (Å²) < 4.78 is 12.6. The first-order chi connectivity index (χ1) is 11.2. The Morgan fingerprint density at radius 2 is 2.30 bits per heavy atom. The van der Waals surface area contributed by atoms with Crippen LogP contribution >= 0.6 is 11.6 Å². The summed E-state index contributed by atoms with van der Waals surface area (Å²) in [5.74, 6) is 0.618. The molecule has 2 aromatic rings. The highest BCUT2D eigenvalue weighted by Crippen LogP contribution is 2.18. The van der Waals surface area contributed by atoms with Gasteiger partial charge in [0.05, 0.1) is 37.5 Å². The predicted molar refractivity (Wildman–Crippen MR) is 82.1 cm³/mol. The Morgan fingerprint density at radius 3 is 3.09 bits per heavy atom. The Bertz CT molecular complexity index is 617. The molecule has 1 fully saturated rings. The number of hydrogen-bond donors (Lipinski definition) is 0. The quantitative estimate of drug-likeness (QED) is 0.713. The number of nitrogens with zero attached hydrogens (tertiary/aromatic N) is 7. The van der Waals surface area contributed by atoms with Crippen LogP contribution in [0, 0.1) is 0 Å². The Hall–Kier alpha value is -1.55. The molecule has 0 aliphatic carbocycles. The summed E-state index contributed by atoms with van der Waals surface area (Å²) >= 11 is 5.87.